The molecule has 2 aromatic rings. The number of hydrogen-bond acceptors (Lipinski definition) is 4. The van der Waals surface area contributed by atoms with Gasteiger partial charge in [0.15, 0.2) is 0 Å². The van der Waals surface area contributed by atoms with Gasteiger partial charge in [-0.25, -0.2) is 4.98 Å². The number of hydrogen-bond donors (Lipinski definition) is 0. The molecule has 0 N–H and O–H groups in total. The molecule has 0 atom stereocenters. The van der Waals surface area contributed by atoms with E-state index in [4.69, 9.17) is 4.74 Å². The standard InChI is InChI=1S/C15H16N2O2S/c1-3-8-17-9-4-5-10-12-11(19-2)6-7-16-14(12)20-13(10)15(17)18/h4,6-7,9H,3,5,8H2,1-2H3. The van der Waals surface area contributed by atoms with Crippen LogP contribution < -0.4 is 4.74 Å². The van der Waals surface area contributed by atoms with E-state index in [0.29, 0.717) is 0 Å². The van der Waals surface area contributed by atoms with Gasteiger partial charge in [0.05, 0.1) is 17.4 Å². The maximum atomic E-state index is 12.6. The van der Waals surface area contributed by atoms with Crippen molar-refractivity contribution in [3.05, 3.63) is 35.0 Å². The second-order valence-electron chi connectivity index (χ2n) is 4.69. The van der Waals surface area contributed by atoms with Gasteiger partial charge in [0.1, 0.15) is 10.6 Å². The highest BCUT2D eigenvalue weighted by Crippen LogP contribution is 2.38. The molecule has 2 aromatic heterocycles. The lowest BCUT2D eigenvalue weighted by molar-refractivity contribution is 0.0828. The SMILES string of the molecule is CCCN1C=CCc2c(sc3nccc(OC)c23)C1=O. The topological polar surface area (TPSA) is 42.4 Å². The Bertz CT molecular complexity index is 690. The molecule has 1 amide bonds. The Morgan fingerprint density at radius 1 is 1.50 bits per heavy atom. The zero-order valence-corrected chi connectivity index (χ0v) is 12.4. The van der Waals surface area contributed by atoms with Crippen molar-refractivity contribution in [3.63, 3.8) is 0 Å². The van der Waals surface area contributed by atoms with Crippen LogP contribution in [0.1, 0.15) is 28.6 Å². The zero-order chi connectivity index (χ0) is 14.1. The lowest BCUT2D eigenvalue weighted by Crippen LogP contribution is -2.25. The van der Waals surface area contributed by atoms with Crippen molar-refractivity contribution in [1.82, 2.24) is 9.88 Å². The number of methoxy groups -OCH3 is 1. The van der Waals surface area contributed by atoms with Crippen molar-refractivity contribution in [3.8, 4) is 5.75 Å². The number of rotatable bonds is 3. The molecule has 1 aliphatic heterocycles. The summed E-state index contributed by atoms with van der Waals surface area (Å²) in [6.45, 7) is 2.82. The summed E-state index contributed by atoms with van der Waals surface area (Å²) in [5.74, 6) is 0.860. The van der Waals surface area contributed by atoms with Crippen LogP contribution in [0.5, 0.6) is 5.75 Å². The molecule has 0 fully saturated rings. The summed E-state index contributed by atoms with van der Waals surface area (Å²) >= 11 is 1.46. The maximum absolute atomic E-state index is 12.6. The molecule has 0 unspecified atom stereocenters. The Hall–Kier alpha value is -1.88. The molecule has 3 heterocycles. The summed E-state index contributed by atoms with van der Waals surface area (Å²) in [6, 6.07) is 1.85. The predicted octanol–water partition coefficient (Wildman–Crippen LogP) is 3.23. The number of carbonyl (C=O) groups is 1. The molecule has 20 heavy (non-hydrogen) atoms. The van der Waals surface area contributed by atoms with E-state index in [9.17, 15) is 4.79 Å². The third-order valence-corrected chi connectivity index (χ3v) is 4.53. The van der Waals surface area contributed by atoms with Crippen molar-refractivity contribution >= 4 is 27.5 Å². The zero-order valence-electron chi connectivity index (χ0n) is 11.5. The van der Waals surface area contributed by atoms with Crippen LogP contribution in [0.25, 0.3) is 10.2 Å². The van der Waals surface area contributed by atoms with Crippen LogP contribution in [0.15, 0.2) is 24.5 Å². The summed E-state index contributed by atoms with van der Waals surface area (Å²) < 4.78 is 5.42. The van der Waals surface area contributed by atoms with Crippen LogP contribution in [-0.2, 0) is 6.42 Å². The third-order valence-electron chi connectivity index (χ3n) is 3.40. The number of allylic oxidation sites excluding steroid dienone is 1. The van der Waals surface area contributed by atoms with Crippen molar-refractivity contribution in [2.75, 3.05) is 13.7 Å². The van der Waals surface area contributed by atoms with Gasteiger partial charge in [-0.2, -0.15) is 0 Å². The Morgan fingerprint density at radius 2 is 2.35 bits per heavy atom. The van der Waals surface area contributed by atoms with E-state index in [1.165, 1.54) is 11.3 Å². The van der Waals surface area contributed by atoms with Gasteiger partial charge in [-0.1, -0.05) is 13.0 Å². The number of aromatic nitrogens is 1. The molecule has 5 heteroatoms. The lowest BCUT2D eigenvalue weighted by atomic mass is 10.1. The van der Waals surface area contributed by atoms with Crippen LogP contribution in [0.3, 0.4) is 0 Å². The minimum absolute atomic E-state index is 0.0700. The Balaban J connectivity index is 2.19. The van der Waals surface area contributed by atoms with E-state index in [2.05, 4.69) is 11.9 Å². The smallest absolute Gasteiger partial charge is 0.268 e. The Kier molecular flexibility index (Phi) is 3.44. The number of ether oxygens (including phenoxy) is 1. The quantitative estimate of drug-likeness (QED) is 0.871. The first-order valence-electron chi connectivity index (χ1n) is 6.68. The van der Waals surface area contributed by atoms with Gasteiger partial charge in [-0.15, -0.1) is 11.3 Å². The van der Waals surface area contributed by atoms with Crippen molar-refractivity contribution in [1.29, 1.82) is 0 Å². The molecule has 0 bridgehead atoms. The van der Waals surface area contributed by atoms with Gasteiger partial charge < -0.3 is 9.64 Å². The summed E-state index contributed by atoms with van der Waals surface area (Å²) in [5, 5.41) is 0.978. The fraction of sp³-hybridized carbons (Fsp3) is 0.333. The number of carbonyl (C=O) groups excluding carboxylic acids is 1. The molecular weight excluding hydrogens is 272 g/mol. The van der Waals surface area contributed by atoms with Crippen molar-refractivity contribution in [2.24, 2.45) is 0 Å². The number of pyridine rings is 1. The molecule has 0 aromatic carbocycles. The molecular formula is C15H16N2O2S. The molecule has 0 saturated heterocycles. The second-order valence-corrected chi connectivity index (χ2v) is 5.69. The fourth-order valence-corrected chi connectivity index (χ4v) is 3.65. The van der Waals surface area contributed by atoms with E-state index in [1.807, 2.05) is 18.3 Å². The average molecular weight is 288 g/mol. The molecule has 4 nitrogen and oxygen atoms in total. The summed E-state index contributed by atoms with van der Waals surface area (Å²) in [4.78, 5) is 20.4. The number of thiophene rings is 1. The minimum atomic E-state index is 0.0700. The first-order valence-corrected chi connectivity index (χ1v) is 7.50. The first kappa shape index (κ1) is 13.1. The van der Waals surface area contributed by atoms with E-state index < -0.39 is 0 Å². The summed E-state index contributed by atoms with van der Waals surface area (Å²) in [6.07, 6.45) is 7.34. The second kappa shape index (κ2) is 5.25. The van der Waals surface area contributed by atoms with E-state index in [-0.39, 0.29) is 5.91 Å². The van der Waals surface area contributed by atoms with Gasteiger partial charge in [-0.3, -0.25) is 4.79 Å². The Morgan fingerprint density at radius 3 is 3.10 bits per heavy atom. The Labute approximate surface area is 121 Å². The van der Waals surface area contributed by atoms with Crippen LogP contribution in [0.2, 0.25) is 0 Å². The molecule has 104 valence electrons. The van der Waals surface area contributed by atoms with Crippen LogP contribution in [0, 0.1) is 0 Å². The molecule has 0 aliphatic carbocycles. The molecule has 0 spiro atoms. The van der Waals surface area contributed by atoms with Gasteiger partial charge >= 0.3 is 0 Å². The third kappa shape index (κ3) is 1.98. The molecule has 1 aliphatic rings. The van der Waals surface area contributed by atoms with Gasteiger partial charge in [0, 0.05) is 18.9 Å². The normalized spacial score (nSPS) is 14.5. The largest absolute Gasteiger partial charge is 0.496 e. The average Bonchev–Trinajstić information content (AvgIpc) is 2.77. The van der Waals surface area contributed by atoms with Gasteiger partial charge in [0.2, 0.25) is 0 Å². The van der Waals surface area contributed by atoms with Gasteiger partial charge in [-0.05, 0) is 24.5 Å². The van der Waals surface area contributed by atoms with E-state index >= 15 is 0 Å². The van der Waals surface area contributed by atoms with Crippen molar-refractivity contribution < 1.29 is 9.53 Å². The first-order chi connectivity index (χ1) is 9.76. The predicted molar refractivity (Wildman–Crippen MR) is 80.3 cm³/mol. The maximum Gasteiger partial charge on any atom is 0.268 e. The van der Waals surface area contributed by atoms with Crippen LogP contribution in [-0.4, -0.2) is 29.4 Å². The number of amides is 1. The minimum Gasteiger partial charge on any atom is -0.496 e. The lowest BCUT2D eigenvalue weighted by Gasteiger charge is -2.15. The molecule has 3 rings (SSSR count). The van der Waals surface area contributed by atoms with Crippen LogP contribution >= 0.6 is 11.3 Å². The fourth-order valence-electron chi connectivity index (χ4n) is 2.50. The highest BCUT2D eigenvalue weighted by molar-refractivity contribution is 7.20. The summed E-state index contributed by atoms with van der Waals surface area (Å²) in [5.41, 5.74) is 1.04. The van der Waals surface area contributed by atoms with E-state index in [1.54, 1.807) is 18.2 Å². The highest BCUT2D eigenvalue weighted by Gasteiger charge is 2.25. The monoisotopic (exact) mass is 288 g/mol. The summed E-state index contributed by atoms with van der Waals surface area (Å²) in [7, 11) is 1.65. The molecule has 0 radical (unpaired) electrons. The molecule has 0 saturated carbocycles. The highest BCUT2D eigenvalue weighted by atomic mass is 32.1. The number of fused-ring (bicyclic) bond motifs is 3. The van der Waals surface area contributed by atoms with Gasteiger partial charge in [0.25, 0.3) is 5.91 Å². The van der Waals surface area contributed by atoms with Crippen LogP contribution in [0.4, 0.5) is 0 Å². The van der Waals surface area contributed by atoms with Crippen molar-refractivity contribution in [2.45, 2.75) is 19.8 Å². The number of nitrogens with zero attached hydrogens (tertiary/aromatic N) is 2. The van der Waals surface area contributed by atoms with E-state index in [0.717, 1.165) is 45.8 Å².